The SMILES string of the molecule is Fc1ccc(Br)cc1-c1csc(CNCC2CC2)n1. The fraction of sp³-hybridized carbons (Fsp3) is 0.357. The van der Waals surface area contributed by atoms with Crippen molar-refractivity contribution in [1.82, 2.24) is 10.3 Å². The molecule has 1 fully saturated rings. The highest BCUT2D eigenvalue weighted by molar-refractivity contribution is 9.10. The number of benzene rings is 1. The molecule has 0 aliphatic heterocycles. The minimum atomic E-state index is -0.231. The summed E-state index contributed by atoms with van der Waals surface area (Å²) in [5.41, 5.74) is 1.27. The lowest BCUT2D eigenvalue weighted by molar-refractivity contribution is 0.629. The molecule has 1 saturated carbocycles. The number of nitrogens with one attached hydrogen (secondary N) is 1. The Labute approximate surface area is 124 Å². The molecule has 19 heavy (non-hydrogen) atoms. The highest BCUT2D eigenvalue weighted by Gasteiger charge is 2.20. The molecule has 0 atom stereocenters. The zero-order valence-corrected chi connectivity index (χ0v) is 12.7. The summed E-state index contributed by atoms with van der Waals surface area (Å²) >= 11 is 4.94. The van der Waals surface area contributed by atoms with E-state index in [0.29, 0.717) is 11.3 Å². The largest absolute Gasteiger partial charge is 0.310 e. The average Bonchev–Trinajstić information content (AvgIpc) is 3.10. The van der Waals surface area contributed by atoms with Crippen molar-refractivity contribution in [3.8, 4) is 11.3 Å². The molecule has 0 saturated heterocycles. The van der Waals surface area contributed by atoms with E-state index in [9.17, 15) is 4.39 Å². The van der Waals surface area contributed by atoms with Crippen molar-refractivity contribution in [3.05, 3.63) is 38.9 Å². The van der Waals surface area contributed by atoms with Crippen molar-refractivity contribution < 1.29 is 4.39 Å². The minimum Gasteiger partial charge on any atom is -0.310 e. The first-order chi connectivity index (χ1) is 9.22. The van der Waals surface area contributed by atoms with Crippen LogP contribution in [0.3, 0.4) is 0 Å². The molecule has 1 aliphatic carbocycles. The topological polar surface area (TPSA) is 24.9 Å². The van der Waals surface area contributed by atoms with E-state index >= 15 is 0 Å². The monoisotopic (exact) mass is 340 g/mol. The van der Waals surface area contributed by atoms with Gasteiger partial charge < -0.3 is 5.32 Å². The van der Waals surface area contributed by atoms with Crippen LogP contribution in [0.2, 0.25) is 0 Å². The maximum absolute atomic E-state index is 13.8. The molecular weight excluding hydrogens is 327 g/mol. The van der Waals surface area contributed by atoms with Gasteiger partial charge in [0.2, 0.25) is 0 Å². The Morgan fingerprint density at radius 3 is 3.05 bits per heavy atom. The van der Waals surface area contributed by atoms with Gasteiger partial charge in [-0.2, -0.15) is 0 Å². The molecule has 5 heteroatoms. The number of rotatable bonds is 5. The Kier molecular flexibility index (Phi) is 3.96. The van der Waals surface area contributed by atoms with Crippen molar-refractivity contribution in [3.63, 3.8) is 0 Å². The van der Waals surface area contributed by atoms with Gasteiger partial charge in [0.15, 0.2) is 0 Å². The van der Waals surface area contributed by atoms with Gasteiger partial charge in [-0.3, -0.25) is 0 Å². The third kappa shape index (κ3) is 3.41. The van der Waals surface area contributed by atoms with Crippen molar-refractivity contribution in [2.75, 3.05) is 6.54 Å². The van der Waals surface area contributed by atoms with Gasteiger partial charge in [-0.25, -0.2) is 9.37 Å². The summed E-state index contributed by atoms with van der Waals surface area (Å²) in [7, 11) is 0. The van der Waals surface area contributed by atoms with Gasteiger partial charge >= 0.3 is 0 Å². The van der Waals surface area contributed by atoms with E-state index in [1.165, 1.54) is 18.9 Å². The Bertz CT molecular complexity index is 581. The van der Waals surface area contributed by atoms with Gasteiger partial charge in [-0.1, -0.05) is 15.9 Å². The van der Waals surface area contributed by atoms with Crippen LogP contribution in [0, 0.1) is 11.7 Å². The number of thiazole rings is 1. The molecule has 0 bridgehead atoms. The maximum Gasteiger partial charge on any atom is 0.132 e. The summed E-state index contributed by atoms with van der Waals surface area (Å²) in [6, 6.07) is 4.93. The summed E-state index contributed by atoms with van der Waals surface area (Å²) in [5, 5.41) is 6.32. The van der Waals surface area contributed by atoms with Crippen LogP contribution in [0.25, 0.3) is 11.3 Å². The fourth-order valence-corrected chi connectivity index (χ4v) is 3.04. The molecule has 100 valence electrons. The van der Waals surface area contributed by atoms with Crippen LogP contribution >= 0.6 is 27.3 Å². The van der Waals surface area contributed by atoms with Crippen molar-refractivity contribution >= 4 is 27.3 Å². The summed E-state index contributed by atoms with van der Waals surface area (Å²) in [6.07, 6.45) is 2.69. The molecule has 1 heterocycles. The quantitative estimate of drug-likeness (QED) is 0.881. The Balaban J connectivity index is 1.70. The summed E-state index contributed by atoms with van der Waals surface area (Å²) in [4.78, 5) is 4.49. The molecule has 1 N–H and O–H groups in total. The van der Waals surface area contributed by atoms with Crippen LogP contribution in [0.1, 0.15) is 17.8 Å². The lowest BCUT2D eigenvalue weighted by atomic mass is 10.1. The molecule has 0 unspecified atom stereocenters. The smallest absolute Gasteiger partial charge is 0.132 e. The van der Waals surface area contributed by atoms with Gasteiger partial charge in [-0.15, -0.1) is 11.3 Å². The van der Waals surface area contributed by atoms with E-state index in [4.69, 9.17) is 0 Å². The van der Waals surface area contributed by atoms with Crippen LogP contribution in [-0.2, 0) is 6.54 Å². The molecule has 0 radical (unpaired) electrons. The van der Waals surface area contributed by atoms with Gasteiger partial charge in [-0.05, 0) is 43.5 Å². The van der Waals surface area contributed by atoms with Crippen molar-refractivity contribution in [2.45, 2.75) is 19.4 Å². The van der Waals surface area contributed by atoms with Crippen LogP contribution in [0.15, 0.2) is 28.1 Å². The lowest BCUT2D eigenvalue weighted by Crippen LogP contribution is -2.15. The lowest BCUT2D eigenvalue weighted by Gasteiger charge is -2.01. The molecule has 0 amide bonds. The van der Waals surface area contributed by atoms with Gasteiger partial charge in [0.1, 0.15) is 10.8 Å². The number of aromatic nitrogens is 1. The number of nitrogens with zero attached hydrogens (tertiary/aromatic N) is 1. The summed E-state index contributed by atoms with van der Waals surface area (Å²) < 4.78 is 14.6. The first kappa shape index (κ1) is 13.2. The van der Waals surface area contributed by atoms with E-state index in [1.54, 1.807) is 23.5 Å². The number of halogens is 2. The van der Waals surface area contributed by atoms with E-state index in [2.05, 4.69) is 26.2 Å². The Morgan fingerprint density at radius 2 is 2.26 bits per heavy atom. The second-order valence-electron chi connectivity index (χ2n) is 4.82. The van der Waals surface area contributed by atoms with E-state index in [0.717, 1.165) is 28.5 Å². The summed E-state index contributed by atoms with van der Waals surface area (Å²) in [6.45, 7) is 1.84. The molecule has 1 aromatic heterocycles. The third-order valence-electron chi connectivity index (χ3n) is 3.16. The minimum absolute atomic E-state index is 0.231. The van der Waals surface area contributed by atoms with Crippen molar-refractivity contribution in [1.29, 1.82) is 0 Å². The number of hydrogen-bond donors (Lipinski definition) is 1. The molecule has 2 aromatic rings. The predicted molar refractivity (Wildman–Crippen MR) is 79.6 cm³/mol. The molecule has 1 aliphatic rings. The first-order valence-corrected chi connectivity index (χ1v) is 8.00. The van der Waals surface area contributed by atoms with Crippen LogP contribution in [-0.4, -0.2) is 11.5 Å². The van der Waals surface area contributed by atoms with Crippen LogP contribution in [0.4, 0.5) is 4.39 Å². The van der Waals surface area contributed by atoms with Crippen molar-refractivity contribution in [2.24, 2.45) is 5.92 Å². The highest BCUT2D eigenvalue weighted by Crippen LogP contribution is 2.29. The zero-order valence-electron chi connectivity index (χ0n) is 10.3. The van der Waals surface area contributed by atoms with E-state index in [1.807, 2.05) is 5.38 Å². The van der Waals surface area contributed by atoms with Gasteiger partial charge in [0.05, 0.1) is 5.69 Å². The Hall–Kier alpha value is -0.780. The number of hydrogen-bond acceptors (Lipinski definition) is 3. The normalized spacial score (nSPS) is 14.8. The highest BCUT2D eigenvalue weighted by atomic mass is 79.9. The van der Waals surface area contributed by atoms with Crippen LogP contribution < -0.4 is 5.32 Å². The first-order valence-electron chi connectivity index (χ1n) is 6.33. The molecule has 3 rings (SSSR count). The predicted octanol–water partition coefficient (Wildman–Crippen LogP) is 4.21. The molecule has 0 spiro atoms. The molecule has 1 aromatic carbocycles. The molecule has 2 nitrogen and oxygen atoms in total. The van der Waals surface area contributed by atoms with Crippen LogP contribution in [0.5, 0.6) is 0 Å². The van der Waals surface area contributed by atoms with E-state index in [-0.39, 0.29) is 5.82 Å². The Morgan fingerprint density at radius 1 is 1.42 bits per heavy atom. The van der Waals surface area contributed by atoms with Gasteiger partial charge in [0.25, 0.3) is 0 Å². The maximum atomic E-state index is 13.8. The second-order valence-corrected chi connectivity index (χ2v) is 6.68. The summed E-state index contributed by atoms with van der Waals surface area (Å²) in [5.74, 6) is 0.632. The average molecular weight is 341 g/mol. The fourth-order valence-electron chi connectivity index (χ4n) is 1.91. The van der Waals surface area contributed by atoms with E-state index < -0.39 is 0 Å². The molecular formula is C14H14BrFN2S. The second kappa shape index (κ2) is 5.69. The van der Waals surface area contributed by atoms with Gasteiger partial charge in [0, 0.05) is 22.0 Å². The third-order valence-corrected chi connectivity index (χ3v) is 4.50. The standard InChI is InChI=1S/C14H14BrFN2S/c15-10-3-4-12(16)11(5-10)13-8-19-14(18-13)7-17-6-9-1-2-9/h3-5,8-9,17H,1-2,6-7H2. The zero-order chi connectivity index (χ0) is 13.2.